The number of amides is 2. The molecule has 0 radical (unpaired) electrons. The monoisotopic (exact) mass is 251 g/mol. The van der Waals surface area contributed by atoms with Crippen molar-refractivity contribution in [1.82, 2.24) is 10.2 Å². The van der Waals surface area contributed by atoms with Crippen LogP contribution in [0.25, 0.3) is 0 Å². The minimum absolute atomic E-state index is 0.0591. The number of piperidine rings is 1. The lowest BCUT2D eigenvalue weighted by Gasteiger charge is -2.33. The van der Waals surface area contributed by atoms with Gasteiger partial charge in [-0.05, 0) is 12.8 Å². The molecule has 0 aromatic carbocycles. The van der Waals surface area contributed by atoms with E-state index in [2.05, 4.69) is 11.2 Å². The second kappa shape index (κ2) is 7.02. The van der Waals surface area contributed by atoms with Crippen LogP contribution >= 0.6 is 0 Å². The third kappa shape index (κ3) is 4.04. The van der Waals surface area contributed by atoms with E-state index in [1.54, 1.807) is 4.90 Å². The molecule has 0 spiro atoms. The van der Waals surface area contributed by atoms with Gasteiger partial charge in [-0.2, -0.15) is 0 Å². The van der Waals surface area contributed by atoms with Gasteiger partial charge in [0.1, 0.15) is 0 Å². The van der Waals surface area contributed by atoms with Crippen molar-refractivity contribution < 1.29 is 9.59 Å². The fourth-order valence-electron chi connectivity index (χ4n) is 2.02. The van der Waals surface area contributed by atoms with Gasteiger partial charge in [0, 0.05) is 32.0 Å². The van der Waals surface area contributed by atoms with Crippen molar-refractivity contribution in [2.24, 2.45) is 5.73 Å². The maximum absolute atomic E-state index is 11.9. The highest BCUT2D eigenvalue weighted by Crippen LogP contribution is 2.12. The summed E-state index contributed by atoms with van der Waals surface area (Å²) < 4.78 is 0. The number of rotatable bonds is 4. The van der Waals surface area contributed by atoms with Gasteiger partial charge >= 0.3 is 0 Å². The van der Waals surface area contributed by atoms with Crippen LogP contribution in [0, 0.1) is 12.3 Å². The highest BCUT2D eigenvalue weighted by molar-refractivity contribution is 5.82. The van der Waals surface area contributed by atoms with Gasteiger partial charge in [0.15, 0.2) is 0 Å². The van der Waals surface area contributed by atoms with E-state index in [0.29, 0.717) is 19.5 Å². The molecule has 5 heteroatoms. The summed E-state index contributed by atoms with van der Waals surface area (Å²) in [6, 6.07) is -0.429. The molecule has 1 aliphatic heterocycles. The first-order valence-corrected chi connectivity index (χ1v) is 6.35. The zero-order valence-electron chi connectivity index (χ0n) is 10.8. The molecule has 0 bridgehead atoms. The maximum Gasteiger partial charge on any atom is 0.240 e. The summed E-state index contributed by atoms with van der Waals surface area (Å²) in [6.45, 7) is 3.09. The Bertz CT molecular complexity index is 341. The van der Waals surface area contributed by atoms with E-state index in [0.717, 1.165) is 12.8 Å². The number of nitrogens with one attached hydrogen (secondary N) is 1. The van der Waals surface area contributed by atoms with Crippen LogP contribution in [-0.4, -0.2) is 41.9 Å². The molecule has 1 heterocycles. The zero-order chi connectivity index (χ0) is 13.5. The lowest BCUT2D eigenvalue weighted by atomic mass is 10.0. The molecule has 1 rings (SSSR count). The molecular weight excluding hydrogens is 230 g/mol. The molecule has 1 unspecified atom stereocenters. The Morgan fingerprint density at radius 2 is 2.11 bits per heavy atom. The molecule has 1 saturated heterocycles. The molecule has 0 saturated carbocycles. The Morgan fingerprint density at radius 3 is 2.61 bits per heavy atom. The fourth-order valence-corrected chi connectivity index (χ4v) is 2.02. The van der Waals surface area contributed by atoms with Crippen LogP contribution in [0.4, 0.5) is 0 Å². The van der Waals surface area contributed by atoms with Gasteiger partial charge in [0.05, 0.1) is 6.04 Å². The van der Waals surface area contributed by atoms with Crippen LogP contribution < -0.4 is 11.1 Å². The normalized spacial score (nSPS) is 17.9. The summed E-state index contributed by atoms with van der Waals surface area (Å²) in [6.07, 6.45) is 7.46. The molecular formula is C13H21N3O2. The Kier molecular flexibility index (Phi) is 5.66. The van der Waals surface area contributed by atoms with Crippen molar-refractivity contribution in [2.75, 3.05) is 13.1 Å². The Balaban J connectivity index is 2.37. The van der Waals surface area contributed by atoms with E-state index in [9.17, 15) is 9.59 Å². The smallest absolute Gasteiger partial charge is 0.240 e. The molecule has 1 fully saturated rings. The Morgan fingerprint density at radius 1 is 1.50 bits per heavy atom. The number of terminal acetylenes is 1. The third-order valence-corrected chi connectivity index (χ3v) is 3.15. The summed E-state index contributed by atoms with van der Waals surface area (Å²) in [5.41, 5.74) is 5.69. The fraction of sp³-hybridized carbons (Fsp3) is 0.692. The van der Waals surface area contributed by atoms with Crippen molar-refractivity contribution in [3.05, 3.63) is 0 Å². The van der Waals surface area contributed by atoms with Gasteiger partial charge < -0.3 is 16.0 Å². The summed E-state index contributed by atoms with van der Waals surface area (Å²) in [7, 11) is 0. The van der Waals surface area contributed by atoms with E-state index in [-0.39, 0.29) is 24.3 Å². The molecule has 5 nitrogen and oxygen atoms in total. The quantitative estimate of drug-likeness (QED) is 0.683. The van der Waals surface area contributed by atoms with Crippen molar-refractivity contribution in [2.45, 2.75) is 44.7 Å². The van der Waals surface area contributed by atoms with Crippen LogP contribution in [0.2, 0.25) is 0 Å². The third-order valence-electron chi connectivity index (χ3n) is 3.15. The van der Waals surface area contributed by atoms with Gasteiger partial charge in [0.2, 0.25) is 11.8 Å². The van der Waals surface area contributed by atoms with Crippen LogP contribution in [0.15, 0.2) is 0 Å². The summed E-state index contributed by atoms with van der Waals surface area (Å²) in [5.74, 6) is 2.37. The second-order valence-corrected chi connectivity index (χ2v) is 4.54. The average molecular weight is 251 g/mol. The first-order chi connectivity index (χ1) is 8.58. The summed E-state index contributed by atoms with van der Waals surface area (Å²) in [4.78, 5) is 24.9. The first-order valence-electron chi connectivity index (χ1n) is 6.35. The van der Waals surface area contributed by atoms with Gasteiger partial charge in [-0.25, -0.2) is 0 Å². The van der Waals surface area contributed by atoms with Gasteiger partial charge in [-0.15, -0.1) is 12.3 Å². The SMILES string of the molecule is C#CCC(N)C(=O)N1CCC(NC(=O)CC)CC1. The maximum atomic E-state index is 11.9. The number of nitrogens with zero attached hydrogens (tertiary/aromatic N) is 1. The molecule has 1 aliphatic rings. The Labute approximate surface area is 108 Å². The van der Waals surface area contributed by atoms with Crippen molar-refractivity contribution in [1.29, 1.82) is 0 Å². The molecule has 0 aromatic rings. The molecule has 100 valence electrons. The Hall–Kier alpha value is -1.54. The molecule has 0 aliphatic carbocycles. The number of likely N-dealkylation sites (tertiary alicyclic amines) is 1. The van der Waals surface area contributed by atoms with Gasteiger partial charge in [-0.3, -0.25) is 9.59 Å². The largest absolute Gasteiger partial charge is 0.353 e. The molecule has 1 atom stereocenters. The zero-order valence-corrected chi connectivity index (χ0v) is 10.8. The number of nitrogens with two attached hydrogens (primary N) is 1. The summed E-state index contributed by atoms with van der Waals surface area (Å²) >= 11 is 0. The van der Waals surface area contributed by atoms with Gasteiger partial charge in [0.25, 0.3) is 0 Å². The number of hydrogen-bond acceptors (Lipinski definition) is 3. The van der Waals surface area contributed by atoms with E-state index < -0.39 is 6.04 Å². The minimum atomic E-state index is -0.600. The van der Waals surface area contributed by atoms with Crippen molar-refractivity contribution >= 4 is 11.8 Å². The molecule has 2 amide bonds. The van der Waals surface area contributed by atoms with Crippen LogP contribution in [-0.2, 0) is 9.59 Å². The van der Waals surface area contributed by atoms with Gasteiger partial charge in [-0.1, -0.05) is 6.92 Å². The van der Waals surface area contributed by atoms with Crippen LogP contribution in [0.1, 0.15) is 32.6 Å². The number of hydrogen-bond donors (Lipinski definition) is 2. The lowest BCUT2D eigenvalue weighted by Crippen LogP contribution is -2.50. The van der Waals surface area contributed by atoms with E-state index in [4.69, 9.17) is 12.2 Å². The van der Waals surface area contributed by atoms with Crippen molar-refractivity contribution in [3.8, 4) is 12.3 Å². The standard InChI is InChI=1S/C13H21N3O2/c1-3-5-11(14)13(18)16-8-6-10(7-9-16)15-12(17)4-2/h1,10-11H,4-9,14H2,2H3,(H,15,17). The molecule has 0 aromatic heterocycles. The highest BCUT2D eigenvalue weighted by Gasteiger charge is 2.26. The first kappa shape index (κ1) is 14.5. The number of carbonyl (C=O) groups excluding carboxylic acids is 2. The molecule has 3 N–H and O–H groups in total. The van der Waals surface area contributed by atoms with Crippen LogP contribution in [0.3, 0.4) is 0 Å². The minimum Gasteiger partial charge on any atom is -0.353 e. The lowest BCUT2D eigenvalue weighted by molar-refractivity contribution is -0.133. The topological polar surface area (TPSA) is 75.4 Å². The van der Waals surface area contributed by atoms with E-state index in [1.165, 1.54) is 0 Å². The number of carbonyl (C=O) groups is 2. The molecule has 18 heavy (non-hydrogen) atoms. The average Bonchev–Trinajstić information content (AvgIpc) is 2.39. The summed E-state index contributed by atoms with van der Waals surface area (Å²) in [5, 5.41) is 2.94. The highest BCUT2D eigenvalue weighted by atomic mass is 16.2. The van der Waals surface area contributed by atoms with Crippen molar-refractivity contribution in [3.63, 3.8) is 0 Å². The second-order valence-electron chi connectivity index (χ2n) is 4.54. The van der Waals surface area contributed by atoms with Crippen LogP contribution in [0.5, 0.6) is 0 Å². The predicted octanol–water partition coefficient (Wildman–Crippen LogP) is -0.146. The van der Waals surface area contributed by atoms with E-state index in [1.807, 2.05) is 6.92 Å². The van der Waals surface area contributed by atoms with E-state index >= 15 is 0 Å². The predicted molar refractivity (Wildman–Crippen MR) is 69.5 cm³/mol.